The Kier molecular flexibility index (Phi) is 2.95. The lowest BCUT2D eigenvalue weighted by atomic mass is 9.80. The van der Waals surface area contributed by atoms with E-state index in [0.717, 1.165) is 32.0 Å². The number of carbonyl (C=O) groups excluding carboxylic acids is 1. The van der Waals surface area contributed by atoms with Crippen molar-refractivity contribution < 1.29 is 13.9 Å². The van der Waals surface area contributed by atoms with Gasteiger partial charge in [-0.05, 0) is 31.0 Å². The number of aldehydes is 1. The van der Waals surface area contributed by atoms with Gasteiger partial charge in [0.25, 0.3) is 0 Å². The van der Waals surface area contributed by atoms with E-state index < -0.39 is 5.41 Å². The Bertz CT molecular complexity index is 395. The molecule has 0 amide bonds. The Balaban J connectivity index is 2.51. The molecule has 0 unspecified atom stereocenters. The van der Waals surface area contributed by atoms with Gasteiger partial charge in [-0.25, -0.2) is 4.39 Å². The van der Waals surface area contributed by atoms with Crippen LogP contribution in [-0.2, 0) is 10.2 Å². The first-order valence-electron chi connectivity index (χ1n) is 5.52. The number of carbonyl (C=O) groups is 1. The highest BCUT2D eigenvalue weighted by atomic mass is 19.1. The van der Waals surface area contributed by atoms with Gasteiger partial charge in [-0.1, -0.05) is 12.8 Å². The summed E-state index contributed by atoms with van der Waals surface area (Å²) < 4.78 is 18.5. The molecule has 1 aromatic carbocycles. The fraction of sp³-hybridized carbons (Fsp3) is 0.462. The molecule has 0 saturated heterocycles. The molecule has 2 nitrogen and oxygen atoms in total. The van der Waals surface area contributed by atoms with Crippen molar-refractivity contribution in [3.63, 3.8) is 0 Å². The van der Waals surface area contributed by atoms with E-state index in [1.54, 1.807) is 13.2 Å². The van der Waals surface area contributed by atoms with Crippen LogP contribution in [0.4, 0.5) is 4.39 Å². The first kappa shape index (κ1) is 11.1. The molecule has 1 aliphatic carbocycles. The molecule has 0 N–H and O–H groups in total. The molecule has 16 heavy (non-hydrogen) atoms. The highest BCUT2D eigenvalue weighted by molar-refractivity contribution is 5.71. The van der Waals surface area contributed by atoms with Crippen molar-refractivity contribution >= 4 is 6.29 Å². The number of rotatable bonds is 3. The first-order chi connectivity index (χ1) is 7.72. The first-order valence-corrected chi connectivity index (χ1v) is 5.52. The number of hydrogen-bond donors (Lipinski definition) is 0. The summed E-state index contributed by atoms with van der Waals surface area (Å²) in [7, 11) is 1.55. The minimum atomic E-state index is -0.534. The Morgan fingerprint density at radius 3 is 2.62 bits per heavy atom. The van der Waals surface area contributed by atoms with Crippen LogP contribution in [0.3, 0.4) is 0 Å². The second kappa shape index (κ2) is 4.24. The van der Waals surface area contributed by atoms with Gasteiger partial charge in [-0.15, -0.1) is 0 Å². The summed E-state index contributed by atoms with van der Waals surface area (Å²) in [6.45, 7) is 0. The van der Waals surface area contributed by atoms with Crippen molar-refractivity contribution in [1.29, 1.82) is 0 Å². The predicted octanol–water partition coefficient (Wildman–Crippen LogP) is 2.85. The summed E-state index contributed by atoms with van der Waals surface area (Å²) in [6, 6.07) is 4.38. The maximum absolute atomic E-state index is 13.3. The third-order valence-corrected chi connectivity index (χ3v) is 3.42. The number of methoxy groups -OCH3 is 1. The fourth-order valence-corrected chi connectivity index (χ4v) is 2.53. The smallest absolute Gasteiger partial charge is 0.130 e. The van der Waals surface area contributed by atoms with E-state index in [-0.39, 0.29) is 5.82 Å². The van der Waals surface area contributed by atoms with E-state index in [0.29, 0.717) is 11.3 Å². The van der Waals surface area contributed by atoms with Crippen molar-refractivity contribution in [2.45, 2.75) is 31.1 Å². The highest BCUT2D eigenvalue weighted by Crippen LogP contribution is 2.43. The minimum absolute atomic E-state index is 0.316. The molecule has 3 heteroatoms. The maximum atomic E-state index is 13.3. The van der Waals surface area contributed by atoms with Gasteiger partial charge in [0.2, 0.25) is 0 Å². The lowest BCUT2D eigenvalue weighted by Crippen LogP contribution is -2.24. The van der Waals surface area contributed by atoms with Crippen LogP contribution in [0.25, 0.3) is 0 Å². The molecule has 86 valence electrons. The van der Waals surface area contributed by atoms with Crippen molar-refractivity contribution in [3.05, 3.63) is 29.6 Å². The molecule has 1 aromatic rings. The second-order valence-corrected chi connectivity index (χ2v) is 4.33. The van der Waals surface area contributed by atoms with Gasteiger partial charge in [-0.2, -0.15) is 0 Å². The van der Waals surface area contributed by atoms with Gasteiger partial charge in [0.15, 0.2) is 0 Å². The van der Waals surface area contributed by atoms with Gasteiger partial charge >= 0.3 is 0 Å². The molecule has 0 aliphatic heterocycles. The molecule has 0 radical (unpaired) electrons. The Hall–Kier alpha value is -1.38. The van der Waals surface area contributed by atoms with Crippen molar-refractivity contribution in [3.8, 4) is 5.75 Å². The Labute approximate surface area is 94.4 Å². The Morgan fingerprint density at radius 2 is 2.06 bits per heavy atom. The number of hydrogen-bond acceptors (Lipinski definition) is 2. The average Bonchev–Trinajstić information content (AvgIpc) is 2.78. The Morgan fingerprint density at radius 1 is 1.38 bits per heavy atom. The maximum Gasteiger partial charge on any atom is 0.130 e. The lowest BCUT2D eigenvalue weighted by Gasteiger charge is -2.24. The molecule has 0 aromatic heterocycles. The van der Waals surface area contributed by atoms with Crippen LogP contribution < -0.4 is 4.74 Å². The lowest BCUT2D eigenvalue weighted by molar-refractivity contribution is -0.112. The summed E-state index contributed by atoms with van der Waals surface area (Å²) in [5.74, 6) is 0.291. The molecule has 2 rings (SSSR count). The van der Waals surface area contributed by atoms with Crippen LogP contribution in [0.2, 0.25) is 0 Å². The van der Waals surface area contributed by atoms with Crippen LogP contribution in [0.1, 0.15) is 31.2 Å². The zero-order valence-corrected chi connectivity index (χ0v) is 9.33. The van der Waals surface area contributed by atoms with Crippen LogP contribution in [0.15, 0.2) is 18.2 Å². The zero-order chi connectivity index (χ0) is 11.6. The summed E-state index contributed by atoms with van der Waals surface area (Å²) in [4.78, 5) is 11.3. The summed E-state index contributed by atoms with van der Waals surface area (Å²) >= 11 is 0. The van der Waals surface area contributed by atoms with Crippen molar-refractivity contribution in [2.24, 2.45) is 0 Å². The fourth-order valence-electron chi connectivity index (χ4n) is 2.53. The average molecular weight is 222 g/mol. The number of ether oxygens (including phenoxy) is 1. The van der Waals surface area contributed by atoms with E-state index in [9.17, 15) is 9.18 Å². The van der Waals surface area contributed by atoms with Crippen LogP contribution in [0, 0.1) is 5.82 Å². The summed E-state index contributed by atoms with van der Waals surface area (Å²) in [5, 5.41) is 0. The summed E-state index contributed by atoms with van der Waals surface area (Å²) in [5.41, 5.74) is 0.162. The van der Waals surface area contributed by atoms with E-state index >= 15 is 0 Å². The standard InChI is InChI=1S/C13H15FO2/c1-16-12-5-4-10(14)8-11(12)13(9-15)6-2-3-7-13/h4-5,8-9H,2-3,6-7H2,1H3. The van der Waals surface area contributed by atoms with E-state index in [2.05, 4.69) is 0 Å². The second-order valence-electron chi connectivity index (χ2n) is 4.33. The minimum Gasteiger partial charge on any atom is -0.496 e. The quantitative estimate of drug-likeness (QED) is 0.735. The van der Waals surface area contributed by atoms with Gasteiger partial charge < -0.3 is 9.53 Å². The van der Waals surface area contributed by atoms with Gasteiger partial charge in [0.05, 0.1) is 12.5 Å². The van der Waals surface area contributed by atoms with Gasteiger partial charge in [0, 0.05) is 5.56 Å². The molecule has 1 fully saturated rings. The number of halogens is 1. The zero-order valence-electron chi connectivity index (χ0n) is 9.33. The van der Waals surface area contributed by atoms with Gasteiger partial charge in [0.1, 0.15) is 17.9 Å². The van der Waals surface area contributed by atoms with Gasteiger partial charge in [-0.3, -0.25) is 0 Å². The molecule has 1 aliphatic rings. The highest BCUT2D eigenvalue weighted by Gasteiger charge is 2.37. The normalized spacial score (nSPS) is 18.4. The SMILES string of the molecule is COc1ccc(F)cc1C1(C=O)CCCC1. The molecular weight excluding hydrogens is 207 g/mol. The molecule has 0 heterocycles. The van der Waals surface area contributed by atoms with E-state index in [1.807, 2.05) is 0 Å². The van der Waals surface area contributed by atoms with E-state index in [4.69, 9.17) is 4.74 Å². The van der Waals surface area contributed by atoms with Crippen LogP contribution >= 0.6 is 0 Å². The molecule has 0 spiro atoms. The van der Waals surface area contributed by atoms with Crippen LogP contribution in [-0.4, -0.2) is 13.4 Å². The third kappa shape index (κ3) is 1.70. The van der Waals surface area contributed by atoms with Crippen molar-refractivity contribution in [1.82, 2.24) is 0 Å². The molecular formula is C13H15FO2. The summed E-state index contributed by atoms with van der Waals surface area (Å²) in [6.07, 6.45) is 4.56. The molecule has 0 bridgehead atoms. The van der Waals surface area contributed by atoms with Crippen molar-refractivity contribution in [2.75, 3.05) is 7.11 Å². The predicted molar refractivity (Wildman–Crippen MR) is 59.2 cm³/mol. The monoisotopic (exact) mass is 222 g/mol. The van der Waals surface area contributed by atoms with E-state index in [1.165, 1.54) is 12.1 Å². The molecule has 0 atom stereocenters. The largest absolute Gasteiger partial charge is 0.496 e. The topological polar surface area (TPSA) is 26.3 Å². The third-order valence-electron chi connectivity index (χ3n) is 3.42. The molecule has 1 saturated carbocycles. The number of benzene rings is 1. The van der Waals surface area contributed by atoms with Crippen LogP contribution in [0.5, 0.6) is 5.75 Å².